The molecule has 9 heteroatoms. The van der Waals surface area contributed by atoms with E-state index >= 15 is 0 Å². The van der Waals surface area contributed by atoms with Gasteiger partial charge in [0, 0.05) is 57.1 Å². The number of aromatic amines is 1. The maximum Gasteiger partial charge on any atom is 0.159 e. The van der Waals surface area contributed by atoms with Crippen molar-refractivity contribution in [1.29, 1.82) is 0 Å². The van der Waals surface area contributed by atoms with Crippen molar-refractivity contribution in [3.63, 3.8) is 0 Å². The number of piperazine rings is 1. The molecular weight excluding hydrogens is 482 g/mol. The van der Waals surface area contributed by atoms with Gasteiger partial charge in [-0.25, -0.2) is 9.97 Å². The van der Waals surface area contributed by atoms with Gasteiger partial charge in [0.15, 0.2) is 5.65 Å². The van der Waals surface area contributed by atoms with Crippen LogP contribution in [0.2, 0.25) is 0 Å². The summed E-state index contributed by atoms with van der Waals surface area (Å²) >= 11 is 3.72. The third-order valence-electron chi connectivity index (χ3n) is 5.92. The van der Waals surface area contributed by atoms with E-state index in [4.69, 9.17) is 9.51 Å². The maximum atomic E-state index is 5.21. The van der Waals surface area contributed by atoms with Gasteiger partial charge in [0.05, 0.1) is 15.9 Å². The highest BCUT2D eigenvalue weighted by molar-refractivity contribution is 9.10. The summed E-state index contributed by atoms with van der Waals surface area (Å²) in [5.41, 5.74) is 6.13. The highest BCUT2D eigenvalue weighted by Crippen LogP contribution is 2.34. The van der Waals surface area contributed by atoms with Gasteiger partial charge >= 0.3 is 0 Å². The molecule has 3 aromatic heterocycles. The second-order valence-electron chi connectivity index (χ2n) is 8.86. The van der Waals surface area contributed by atoms with Crippen molar-refractivity contribution in [2.75, 3.05) is 45.2 Å². The van der Waals surface area contributed by atoms with Gasteiger partial charge < -0.3 is 19.3 Å². The zero-order valence-electron chi connectivity index (χ0n) is 19.2. The molecule has 0 aliphatic carbocycles. The molecule has 0 amide bonds. The van der Waals surface area contributed by atoms with E-state index in [0.717, 1.165) is 83.4 Å². The van der Waals surface area contributed by atoms with Crippen LogP contribution in [0.1, 0.15) is 17.0 Å². The number of pyridine rings is 1. The summed E-state index contributed by atoms with van der Waals surface area (Å²) in [4.78, 5) is 19.9. The minimum absolute atomic E-state index is 0.807. The number of aryl methyl sites for hydroxylation is 1. The highest BCUT2D eigenvalue weighted by Gasteiger charge is 2.23. The quantitative estimate of drug-likeness (QED) is 0.419. The molecule has 4 heterocycles. The molecule has 172 valence electrons. The standard InChI is InChI=1S/C24H28BrN7O/c1-16-12-19(29-33-16)15-31-8-10-32(11-9-31)22-20(25)13-26-24-21(22)27-23(28-24)18-6-4-17(5-7-18)14-30(2)3/h4-7,12-13H,8-11,14-15H2,1-3H3,(H,26,27,28). The number of halogens is 1. The molecule has 0 saturated carbocycles. The van der Waals surface area contributed by atoms with Crippen LogP contribution in [0.5, 0.6) is 0 Å². The lowest BCUT2D eigenvalue weighted by Crippen LogP contribution is -2.46. The molecule has 0 unspecified atom stereocenters. The largest absolute Gasteiger partial charge is 0.366 e. The number of hydrogen-bond donors (Lipinski definition) is 1. The second kappa shape index (κ2) is 9.24. The molecule has 0 bridgehead atoms. The summed E-state index contributed by atoms with van der Waals surface area (Å²) in [5.74, 6) is 1.70. The van der Waals surface area contributed by atoms with Gasteiger partial charge in [-0.2, -0.15) is 0 Å². The summed E-state index contributed by atoms with van der Waals surface area (Å²) in [6, 6.07) is 10.6. The highest BCUT2D eigenvalue weighted by atomic mass is 79.9. The molecule has 1 aliphatic rings. The van der Waals surface area contributed by atoms with Crippen LogP contribution in [0.15, 0.2) is 45.5 Å². The second-order valence-corrected chi connectivity index (χ2v) is 9.72. The molecule has 4 aromatic rings. The van der Waals surface area contributed by atoms with Gasteiger partial charge in [-0.1, -0.05) is 29.4 Å². The number of rotatable bonds is 6. The first kappa shape index (κ1) is 22.1. The fourth-order valence-electron chi connectivity index (χ4n) is 4.34. The molecule has 1 fully saturated rings. The summed E-state index contributed by atoms with van der Waals surface area (Å²) in [6.07, 6.45) is 1.87. The number of nitrogens with zero attached hydrogens (tertiary/aromatic N) is 6. The van der Waals surface area contributed by atoms with Gasteiger partial charge in [-0.3, -0.25) is 4.90 Å². The van der Waals surface area contributed by atoms with Crippen LogP contribution in [-0.4, -0.2) is 70.2 Å². The lowest BCUT2D eigenvalue weighted by molar-refractivity contribution is 0.242. The van der Waals surface area contributed by atoms with E-state index in [2.05, 4.69) is 84.1 Å². The number of aromatic nitrogens is 4. The van der Waals surface area contributed by atoms with Crippen LogP contribution < -0.4 is 4.90 Å². The van der Waals surface area contributed by atoms with E-state index in [0.29, 0.717) is 0 Å². The number of fused-ring (bicyclic) bond motifs is 1. The number of nitrogens with one attached hydrogen (secondary N) is 1. The van der Waals surface area contributed by atoms with Crippen molar-refractivity contribution >= 4 is 32.8 Å². The van der Waals surface area contributed by atoms with Crippen LogP contribution in [0, 0.1) is 6.92 Å². The zero-order valence-corrected chi connectivity index (χ0v) is 20.8. The van der Waals surface area contributed by atoms with Gasteiger partial charge in [-0.15, -0.1) is 0 Å². The van der Waals surface area contributed by atoms with E-state index in [9.17, 15) is 0 Å². The van der Waals surface area contributed by atoms with Gasteiger partial charge in [0.1, 0.15) is 17.1 Å². The van der Waals surface area contributed by atoms with Crippen molar-refractivity contribution in [3.8, 4) is 11.4 Å². The topological polar surface area (TPSA) is 77.3 Å². The summed E-state index contributed by atoms with van der Waals surface area (Å²) < 4.78 is 6.18. The molecule has 0 atom stereocenters. The smallest absolute Gasteiger partial charge is 0.159 e. The average molecular weight is 510 g/mol. The van der Waals surface area contributed by atoms with Crippen molar-refractivity contribution < 1.29 is 4.52 Å². The van der Waals surface area contributed by atoms with E-state index < -0.39 is 0 Å². The van der Waals surface area contributed by atoms with Gasteiger partial charge in [0.2, 0.25) is 0 Å². The van der Waals surface area contributed by atoms with E-state index in [-0.39, 0.29) is 0 Å². The van der Waals surface area contributed by atoms with Crippen LogP contribution >= 0.6 is 15.9 Å². The normalized spacial score (nSPS) is 15.1. The van der Waals surface area contributed by atoms with E-state index in [1.54, 1.807) is 0 Å². The molecule has 0 spiro atoms. The Morgan fingerprint density at radius 3 is 2.55 bits per heavy atom. The van der Waals surface area contributed by atoms with Crippen LogP contribution in [0.4, 0.5) is 5.69 Å². The molecule has 8 nitrogen and oxygen atoms in total. The number of hydrogen-bond acceptors (Lipinski definition) is 7. The predicted molar refractivity (Wildman–Crippen MR) is 133 cm³/mol. The van der Waals surface area contributed by atoms with Gasteiger partial charge in [-0.05, 0) is 42.5 Å². The van der Waals surface area contributed by atoms with Crippen molar-refractivity contribution in [1.82, 2.24) is 29.9 Å². The fraction of sp³-hybridized carbons (Fsp3) is 0.375. The first-order valence-corrected chi connectivity index (χ1v) is 11.9. The Kier molecular flexibility index (Phi) is 6.18. The van der Waals surface area contributed by atoms with Crippen molar-refractivity contribution in [2.45, 2.75) is 20.0 Å². The number of H-pyrrole nitrogens is 1. The number of anilines is 1. The minimum atomic E-state index is 0.807. The SMILES string of the molecule is Cc1cc(CN2CCN(c3c(Br)cnc4[nH]c(-c5ccc(CN(C)C)cc5)nc34)CC2)no1. The zero-order chi connectivity index (χ0) is 22.9. The molecule has 33 heavy (non-hydrogen) atoms. The lowest BCUT2D eigenvalue weighted by Gasteiger charge is -2.36. The molecule has 1 N–H and O–H groups in total. The van der Waals surface area contributed by atoms with Crippen LogP contribution in [0.25, 0.3) is 22.6 Å². The van der Waals surface area contributed by atoms with Crippen molar-refractivity contribution in [3.05, 3.63) is 58.0 Å². The third kappa shape index (κ3) is 4.80. The predicted octanol–water partition coefficient (Wildman–Crippen LogP) is 4.07. The fourth-order valence-corrected chi connectivity index (χ4v) is 4.88. The molecule has 1 aromatic carbocycles. The Balaban J connectivity index is 1.35. The molecular formula is C24H28BrN7O. The first-order valence-electron chi connectivity index (χ1n) is 11.1. The van der Waals surface area contributed by atoms with E-state index in [1.807, 2.05) is 19.2 Å². The summed E-state index contributed by atoms with van der Waals surface area (Å²) in [5, 5.41) is 4.13. The maximum absolute atomic E-state index is 5.21. The molecule has 5 rings (SSSR count). The minimum Gasteiger partial charge on any atom is -0.366 e. The first-order chi connectivity index (χ1) is 16.0. The van der Waals surface area contributed by atoms with Gasteiger partial charge in [0.25, 0.3) is 0 Å². The average Bonchev–Trinajstić information content (AvgIpc) is 3.40. The Labute approximate surface area is 201 Å². The van der Waals surface area contributed by atoms with Crippen LogP contribution in [-0.2, 0) is 13.1 Å². The monoisotopic (exact) mass is 509 g/mol. The Bertz CT molecular complexity index is 1240. The number of imidazole rings is 1. The molecule has 0 radical (unpaired) electrons. The summed E-state index contributed by atoms with van der Waals surface area (Å²) in [7, 11) is 4.15. The van der Waals surface area contributed by atoms with Crippen molar-refractivity contribution in [2.24, 2.45) is 0 Å². The lowest BCUT2D eigenvalue weighted by atomic mass is 10.1. The molecule has 1 aliphatic heterocycles. The third-order valence-corrected chi connectivity index (χ3v) is 6.50. The number of benzene rings is 1. The Hall–Kier alpha value is -2.75. The van der Waals surface area contributed by atoms with E-state index in [1.165, 1.54) is 5.56 Å². The summed E-state index contributed by atoms with van der Waals surface area (Å²) in [6.45, 7) is 7.39. The molecule has 1 saturated heterocycles. The Morgan fingerprint density at radius 2 is 1.88 bits per heavy atom. The Morgan fingerprint density at radius 1 is 1.12 bits per heavy atom. The van der Waals surface area contributed by atoms with Crippen LogP contribution in [0.3, 0.4) is 0 Å².